The fraction of sp³-hybridized carbons (Fsp3) is 0.364. The monoisotopic (exact) mass is 393 g/mol. The summed E-state index contributed by atoms with van der Waals surface area (Å²) in [7, 11) is 0. The van der Waals surface area contributed by atoms with Crippen molar-refractivity contribution in [2.24, 2.45) is 0 Å². The van der Waals surface area contributed by atoms with Crippen LogP contribution in [0, 0.1) is 5.82 Å². The predicted octanol–water partition coefficient (Wildman–Crippen LogP) is 2.41. The number of carbonyl (C=O) groups is 1. The number of aldehydes is 1. The smallest absolute Gasteiger partial charge is 0.158 e. The van der Waals surface area contributed by atoms with Crippen molar-refractivity contribution < 1.29 is 9.18 Å². The molecule has 1 atom stereocenters. The van der Waals surface area contributed by atoms with E-state index < -0.39 is 0 Å². The molecule has 1 unspecified atom stereocenters. The van der Waals surface area contributed by atoms with Crippen molar-refractivity contribution in [3.8, 4) is 0 Å². The van der Waals surface area contributed by atoms with Gasteiger partial charge in [0.1, 0.15) is 12.0 Å². The molecule has 0 radical (unpaired) electrons. The number of H-pyrrole nitrogens is 1. The van der Waals surface area contributed by atoms with E-state index >= 15 is 0 Å². The number of hydrogen-bond donors (Lipinski definition) is 1. The van der Waals surface area contributed by atoms with Gasteiger partial charge in [0.05, 0.1) is 5.52 Å². The van der Waals surface area contributed by atoms with Gasteiger partial charge in [-0.15, -0.1) is 0 Å². The minimum atomic E-state index is -0.269. The summed E-state index contributed by atoms with van der Waals surface area (Å²) in [6, 6.07) is 13.2. The Hall–Kier alpha value is -2.77. The number of benzene rings is 2. The molecule has 1 aromatic heterocycles. The Labute approximate surface area is 168 Å². The maximum absolute atomic E-state index is 13.4. The molecule has 1 fully saturated rings. The van der Waals surface area contributed by atoms with Gasteiger partial charge in [-0.05, 0) is 35.7 Å². The van der Waals surface area contributed by atoms with E-state index in [-0.39, 0.29) is 12.0 Å². The number of piperazine rings is 1. The SMILES string of the molecule is O=CC(N1CCN(c2n[nH]c3cc(F)ccc23)CC1)N1CCc2ccccc2C1. The lowest BCUT2D eigenvalue weighted by Gasteiger charge is -2.43. The van der Waals surface area contributed by atoms with Gasteiger partial charge in [-0.25, -0.2) is 4.39 Å². The Morgan fingerprint density at radius 2 is 1.79 bits per heavy atom. The average Bonchev–Trinajstić information content (AvgIpc) is 3.18. The van der Waals surface area contributed by atoms with Crippen molar-refractivity contribution in [3.05, 3.63) is 59.4 Å². The topological polar surface area (TPSA) is 55.5 Å². The Morgan fingerprint density at radius 1 is 1.00 bits per heavy atom. The number of nitrogens with zero attached hydrogens (tertiary/aromatic N) is 4. The molecule has 2 aromatic carbocycles. The second-order valence-corrected chi connectivity index (χ2v) is 7.80. The number of aromatic amines is 1. The van der Waals surface area contributed by atoms with Gasteiger partial charge in [0, 0.05) is 44.7 Å². The second kappa shape index (κ2) is 7.57. The number of hydrogen-bond acceptors (Lipinski definition) is 5. The largest absolute Gasteiger partial charge is 0.352 e. The molecule has 2 aliphatic rings. The van der Waals surface area contributed by atoms with Crippen molar-refractivity contribution in [1.82, 2.24) is 20.0 Å². The van der Waals surface area contributed by atoms with Crippen LogP contribution in [0.15, 0.2) is 42.5 Å². The first kappa shape index (κ1) is 18.3. The summed E-state index contributed by atoms with van der Waals surface area (Å²) in [6.45, 7) is 4.86. The third-order valence-electron chi connectivity index (χ3n) is 6.15. The molecule has 0 amide bonds. The number of anilines is 1. The zero-order chi connectivity index (χ0) is 19.8. The summed E-state index contributed by atoms with van der Waals surface area (Å²) in [6.07, 6.45) is 1.86. The molecular weight excluding hydrogens is 369 g/mol. The summed E-state index contributed by atoms with van der Waals surface area (Å²) in [4.78, 5) is 18.7. The van der Waals surface area contributed by atoms with Crippen molar-refractivity contribution in [2.45, 2.75) is 19.1 Å². The van der Waals surface area contributed by atoms with E-state index in [0.29, 0.717) is 5.52 Å². The van der Waals surface area contributed by atoms with Crippen molar-refractivity contribution in [2.75, 3.05) is 37.6 Å². The van der Waals surface area contributed by atoms with Crippen LogP contribution in [0.1, 0.15) is 11.1 Å². The molecule has 150 valence electrons. The molecule has 1 N–H and O–H groups in total. The minimum absolute atomic E-state index is 0.199. The molecular formula is C22H24FN5O. The Kier molecular flexibility index (Phi) is 4.77. The highest BCUT2D eigenvalue weighted by Gasteiger charge is 2.31. The van der Waals surface area contributed by atoms with Crippen molar-refractivity contribution in [1.29, 1.82) is 0 Å². The molecule has 3 heterocycles. The summed E-state index contributed by atoms with van der Waals surface area (Å²) < 4.78 is 13.4. The molecule has 29 heavy (non-hydrogen) atoms. The van der Waals surface area contributed by atoms with E-state index in [1.54, 1.807) is 6.07 Å². The van der Waals surface area contributed by atoms with Crippen LogP contribution in [0.2, 0.25) is 0 Å². The maximum Gasteiger partial charge on any atom is 0.158 e. The molecule has 7 heteroatoms. The number of halogens is 1. The van der Waals surface area contributed by atoms with E-state index in [9.17, 15) is 9.18 Å². The van der Waals surface area contributed by atoms with Crippen LogP contribution in [0.3, 0.4) is 0 Å². The molecule has 0 bridgehead atoms. The van der Waals surface area contributed by atoms with Crippen LogP contribution in [0.5, 0.6) is 0 Å². The van der Waals surface area contributed by atoms with E-state index in [4.69, 9.17) is 0 Å². The van der Waals surface area contributed by atoms with Crippen LogP contribution in [-0.4, -0.2) is 65.2 Å². The van der Waals surface area contributed by atoms with Gasteiger partial charge in [-0.2, -0.15) is 5.10 Å². The number of nitrogens with one attached hydrogen (secondary N) is 1. The van der Waals surface area contributed by atoms with Gasteiger partial charge in [0.15, 0.2) is 12.1 Å². The Balaban J connectivity index is 1.27. The summed E-state index contributed by atoms with van der Waals surface area (Å²) in [5.74, 6) is 0.587. The normalized spacial score (nSPS) is 19.3. The standard InChI is InChI=1S/C22H24FN5O/c23-18-5-6-19-20(13-18)24-25-22(19)27-11-9-26(10-12-27)21(15-29)28-8-7-16-3-1-2-4-17(16)14-28/h1-6,13,15,21H,7-12,14H2,(H,24,25). The Bertz CT molecular complexity index is 1030. The first-order valence-electron chi connectivity index (χ1n) is 10.1. The highest BCUT2D eigenvalue weighted by Crippen LogP contribution is 2.27. The van der Waals surface area contributed by atoms with Crippen LogP contribution in [0.4, 0.5) is 10.2 Å². The number of rotatable bonds is 4. The average molecular weight is 393 g/mol. The van der Waals surface area contributed by atoms with E-state index in [1.165, 1.54) is 23.3 Å². The third kappa shape index (κ3) is 3.41. The number of aromatic nitrogens is 2. The van der Waals surface area contributed by atoms with Gasteiger partial charge in [0.2, 0.25) is 0 Å². The first-order valence-corrected chi connectivity index (χ1v) is 10.1. The second-order valence-electron chi connectivity index (χ2n) is 7.80. The highest BCUT2D eigenvalue weighted by atomic mass is 19.1. The van der Waals surface area contributed by atoms with Gasteiger partial charge >= 0.3 is 0 Å². The zero-order valence-electron chi connectivity index (χ0n) is 16.2. The van der Waals surface area contributed by atoms with Crippen LogP contribution in [0.25, 0.3) is 10.9 Å². The van der Waals surface area contributed by atoms with E-state index in [1.807, 2.05) is 0 Å². The maximum atomic E-state index is 13.4. The first-order chi connectivity index (χ1) is 14.2. The molecule has 0 saturated carbocycles. The van der Waals surface area contributed by atoms with E-state index in [2.05, 4.69) is 49.2 Å². The van der Waals surface area contributed by atoms with Gasteiger partial charge in [-0.1, -0.05) is 24.3 Å². The lowest BCUT2D eigenvalue weighted by molar-refractivity contribution is -0.119. The quantitative estimate of drug-likeness (QED) is 0.690. The fourth-order valence-corrected chi connectivity index (χ4v) is 4.56. The highest BCUT2D eigenvalue weighted by molar-refractivity contribution is 5.90. The lowest BCUT2D eigenvalue weighted by Crippen LogP contribution is -2.57. The molecule has 3 aromatic rings. The molecule has 6 nitrogen and oxygen atoms in total. The number of carbonyl (C=O) groups excluding carboxylic acids is 1. The van der Waals surface area contributed by atoms with E-state index in [0.717, 1.165) is 63.2 Å². The summed E-state index contributed by atoms with van der Waals surface area (Å²) >= 11 is 0. The van der Waals surface area contributed by atoms with Gasteiger partial charge in [-0.3, -0.25) is 14.9 Å². The van der Waals surface area contributed by atoms with Crippen LogP contribution < -0.4 is 4.90 Å². The molecule has 0 aliphatic carbocycles. The lowest BCUT2D eigenvalue weighted by atomic mass is 9.99. The van der Waals surface area contributed by atoms with Gasteiger partial charge < -0.3 is 9.69 Å². The fourth-order valence-electron chi connectivity index (χ4n) is 4.56. The molecule has 1 saturated heterocycles. The molecule has 2 aliphatic heterocycles. The van der Waals surface area contributed by atoms with Crippen molar-refractivity contribution >= 4 is 23.0 Å². The Morgan fingerprint density at radius 3 is 2.59 bits per heavy atom. The molecule has 0 spiro atoms. The number of fused-ring (bicyclic) bond motifs is 2. The third-order valence-corrected chi connectivity index (χ3v) is 6.15. The summed E-state index contributed by atoms with van der Waals surface area (Å²) in [5, 5.41) is 8.25. The van der Waals surface area contributed by atoms with Crippen molar-refractivity contribution in [3.63, 3.8) is 0 Å². The van der Waals surface area contributed by atoms with Crippen LogP contribution in [-0.2, 0) is 17.8 Å². The molecule has 5 rings (SSSR count). The summed E-state index contributed by atoms with van der Waals surface area (Å²) in [5.41, 5.74) is 3.42. The minimum Gasteiger partial charge on any atom is -0.352 e. The zero-order valence-corrected chi connectivity index (χ0v) is 16.2. The predicted molar refractivity (Wildman–Crippen MR) is 110 cm³/mol. The van der Waals surface area contributed by atoms with Gasteiger partial charge in [0.25, 0.3) is 0 Å². The van der Waals surface area contributed by atoms with Crippen LogP contribution >= 0.6 is 0 Å².